The van der Waals surface area contributed by atoms with Crippen LogP contribution in [0.3, 0.4) is 0 Å². The summed E-state index contributed by atoms with van der Waals surface area (Å²) >= 11 is 1.34. The molecule has 9 heteroatoms. The molecule has 8 nitrogen and oxygen atoms in total. The molecule has 0 spiro atoms. The van der Waals surface area contributed by atoms with Crippen molar-refractivity contribution in [3.63, 3.8) is 0 Å². The van der Waals surface area contributed by atoms with Gasteiger partial charge in [0.25, 0.3) is 0 Å². The summed E-state index contributed by atoms with van der Waals surface area (Å²) in [6.07, 6.45) is 2.15. The number of carboxylic acid groups (broad SMARTS) is 1. The van der Waals surface area contributed by atoms with E-state index < -0.39 is 5.97 Å². The Kier molecular flexibility index (Phi) is 7.08. The predicted molar refractivity (Wildman–Crippen MR) is 116 cm³/mol. The molecule has 30 heavy (non-hydrogen) atoms. The average molecular weight is 427 g/mol. The van der Waals surface area contributed by atoms with E-state index in [0.29, 0.717) is 35.4 Å². The fraction of sp³-hybridized carbons (Fsp3) is 0.238. The highest BCUT2D eigenvalue weighted by molar-refractivity contribution is 8.15. The first-order valence-corrected chi connectivity index (χ1v) is 10.1. The van der Waals surface area contributed by atoms with Gasteiger partial charge in [-0.3, -0.25) is 9.69 Å². The minimum Gasteiger partial charge on any atom is -0.493 e. The summed E-state index contributed by atoms with van der Waals surface area (Å²) < 4.78 is 10.6. The Hall–Kier alpha value is -3.33. The number of aromatic carboxylic acids is 1. The summed E-state index contributed by atoms with van der Waals surface area (Å²) in [6, 6.07) is 12.0. The normalized spacial score (nSPS) is 15.2. The van der Waals surface area contributed by atoms with E-state index in [1.165, 1.54) is 30.1 Å². The van der Waals surface area contributed by atoms with Crippen molar-refractivity contribution in [1.29, 1.82) is 0 Å². The maximum Gasteiger partial charge on any atom is 0.335 e. The summed E-state index contributed by atoms with van der Waals surface area (Å²) in [4.78, 5) is 24.7. The number of ether oxygens (including phenoxy) is 2. The molecular formula is C21H21N3O5S. The first-order chi connectivity index (χ1) is 14.5. The van der Waals surface area contributed by atoms with E-state index in [9.17, 15) is 9.59 Å². The zero-order valence-corrected chi connectivity index (χ0v) is 17.4. The lowest BCUT2D eigenvalue weighted by Crippen LogP contribution is -2.31. The smallest absolute Gasteiger partial charge is 0.335 e. The van der Waals surface area contributed by atoms with Crippen LogP contribution in [0.25, 0.3) is 0 Å². The lowest BCUT2D eigenvalue weighted by molar-refractivity contribution is -0.124. The Morgan fingerprint density at radius 3 is 2.57 bits per heavy atom. The Morgan fingerprint density at radius 2 is 1.90 bits per heavy atom. The highest BCUT2D eigenvalue weighted by Gasteiger charge is 2.28. The van der Waals surface area contributed by atoms with Crippen LogP contribution in [0.1, 0.15) is 21.5 Å². The summed E-state index contributed by atoms with van der Waals surface area (Å²) in [7, 11) is 3.17. The molecule has 1 amide bonds. The van der Waals surface area contributed by atoms with Crippen LogP contribution >= 0.6 is 11.8 Å². The van der Waals surface area contributed by atoms with Crippen molar-refractivity contribution in [2.75, 3.05) is 26.5 Å². The third-order valence-corrected chi connectivity index (χ3v) is 5.39. The third kappa shape index (κ3) is 5.18. The molecule has 2 aromatic rings. The van der Waals surface area contributed by atoms with Crippen molar-refractivity contribution in [1.82, 2.24) is 4.90 Å². The third-order valence-electron chi connectivity index (χ3n) is 4.44. The highest BCUT2D eigenvalue weighted by Crippen LogP contribution is 2.28. The van der Waals surface area contributed by atoms with Crippen molar-refractivity contribution >= 4 is 35.0 Å². The van der Waals surface area contributed by atoms with Gasteiger partial charge in [0, 0.05) is 6.54 Å². The number of hydrogen-bond donors (Lipinski definition) is 1. The topological polar surface area (TPSA) is 101 Å². The number of carbonyl (C=O) groups excluding carboxylic acids is 1. The molecule has 1 aliphatic heterocycles. The van der Waals surface area contributed by atoms with Crippen molar-refractivity contribution in [3.8, 4) is 11.5 Å². The van der Waals surface area contributed by atoms with Gasteiger partial charge in [-0.1, -0.05) is 30.0 Å². The molecule has 156 valence electrons. The Labute approximate surface area is 178 Å². The van der Waals surface area contributed by atoms with Gasteiger partial charge in [-0.2, -0.15) is 5.10 Å². The average Bonchev–Trinajstić information content (AvgIpc) is 3.11. The molecule has 1 saturated heterocycles. The molecule has 1 fully saturated rings. The van der Waals surface area contributed by atoms with Crippen LogP contribution in [0.5, 0.6) is 11.5 Å². The molecule has 0 aromatic heterocycles. The molecule has 0 saturated carbocycles. The van der Waals surface area contributed by atoms with Crippen molar-refractivity contribution in [2.45, 2.75) is 6.42 Å². The fourth-order valence-corrected chi connectivity index (χ4v) is 3.69. The number of thioether (sulfide) groups is 1. The van der Waals surface area contributed by atoms with Crippen LogP contribution in [0, 0.1) is 0 Å². The number of rotatable bonds is 8. The van der Waals surface area contributed by atoms with E-state index in [1.54, 1.807) is 31.3 Å². The van der Waals surface area contributed by atoms with Crippen molar-refractivity contribution in [2.24, 2.45) is 10.2 Å². The molecule has 1 aliphatic rings. The second kappa shape index (κ2) is 9.93. The monoisotopic (exact) mass is 427 g/mol. The van der Waals surface area contributed by atoms with Crippen molar-refractivity contribution in [3.05, 3.63) is 59.2 Å². The maximum atomic E-state index is 12.2. The van der Waals surface area contributed by atoms with E-state index >= 15 is 0 Å². The molecule has 0 aliphatic carbocycles. The SMILES string of the molecule is COc1ccc(CCN2C(=O)CS/C2=N/N=C/c2ccc(C(=O)O)cc2)cc1OC. The lowest BCUT2D eigenvalue weighted by Gasteiger charge is -2.15. The summed E-state index contributed by atoms with van der Waals surface area (Å²) in [5, 5.41) is 17.7. The van der Waals surface area contributed by atoms with E-state index in [2.05, 4.69) is 10.2 Å². The van der Waals surface area contributed by atoms with Crippen LogP contribution in [0.2, 0.25) is 0 Å². The van der Waals surface area contributed by atoms with Crippen LogP contribution in [0.15, 0.2) is 52.7 Å². The first kappa shape index (κ1) is 21.4. The van der Waals surface area contributed by atoms with Crippen LogP contribution < -0.4 is 9.47 Å². The predicted octanol–water partition coefficient (Wildman–Crippen LogP) is 2.91. The van der Waals surface area contributed by atoms with E-state index in [1.807, 2.05) is 18.2 Å². The largest absolute Gasteiger partial charge is 0.493 e. The van der Waals surface area contributed by atoms with Gasteiger partial charge in [-0.15, -0.1) is 5.10 Å². The van der Waals surface area contributed by atoms with Gasteiger partial charge < -0.3 is 14.6 Å². The van der Waals surface area contributed by atoms with Crippen LogP contribution in [-0.4, -0.2) is 59.8 Å². The zero-order chi connectivity index (χ0) is 21.5. The van der Waals surface area contributed by atoms with Gasteiger partial charge >= 0.3 is 5.97 Å². The molecular weight excluding hydrogens is 406 g/mol. The summed E-state index contributed by atoms with van der Waals surface area (Å²) in [6.45, 7) is 0.475. The number of benzene rings is 2. The van der Waals surface area contributed by atoms with E-state index in [0.717, 1.165) is 11.1 Å². The van der Waals surface area contributed by atoms with Gasteiger partial charge in [0.1, 0.15) is 0 Å². The first-order valence-electron chi connectivity index (χ1n) is 9.10. The quantitative estimate of drug-likeness (QED) is 0.514. The number of carbonyl (C=O) groups is 2. The minimum atomic E-state index is -0.982. The standard InChI is InChI=1S/C21H21N3O5S/c1-28-17-8-5-14(11-18(17)29-2)9-10-24-19(25)13-30-21(24)23-22-12-15-3-6-16(7-4-15)20(26)27/h3-8,11-12H,9-10,13H2,1-2H3,(H,26,27)/b22-12+,23-21+. The van der Waals surface area contributed by atoms with Gasteiger partial charge in [0.05, 0.1) is 31.8 Å². The Balaban J connectivity index is 1.65. The van der Waals surface area contributed by atoms with Gasteiger partial charge in [-0.25, -0.2) is 4.79 Å². The molecule has 2 aromatic carbocycles. The maximum absolute atomic E-state index is 12.2. The fourth-order valence-electron chi connectivity index (χ4n) is 2.83. The molecule has 0 atom stereocenters. The number of amides is 1. The molecule has 0 radical (unpaired) electrons. The van der Waals surface area contributed by atoms with Crippen LogP contribution in [-0.2, 0) is 11.2 Å². The van der Waals surface area contributed by atoms with E-state index in [4.69, 9.17) is 14.6 Å². The van der Waals surface area contributed by atoms with Crippen LogP contribution in [0.4, 0.5) is 0 Å². The highest BCUT2D eigenvalue weighted by atomic mass is 32.2. The lowest BCUT2D eigenvalue weighted by atomic mass is 10.1. The van der Waals surface area contributed by atoms with Gasteiger partial charge in [0.15, 0.2) is 16.7 Å². The van der Waals surface area contributed by atoms with Crippen molar-refractivity contribution < 1.29 is 24.2 Å². The van der Waals surface area contributed by atoms with E-state index in [-0.39, 0.29) is 11.5 Å². The Bertz CT molecular complexity index is 989. The zero-order valence-electron chi connectivity index (χ0n) is 16.6. The molecule has 0 bridgehead atoms. The number of methoxy groups -OCH3 is 2. The molecule has 1 N–H and O–H groups in total. The second-order valence-corrected chi connectivity index (χ2v) is 7.27. The minimum absolute atomic E-state index is 0.0137. The molecule has 1 heterocycles. The number of nitrogens with zero attached hydrogens (tertiary/aromatic N) is 3. The number of hydrogen-bond acceptors (Lipinski definition) is 7. The second-order valence-electron chi connectivity index (χ2n) is 6.33. The van der Waals surface area contributed by atoms with Gasteiger partial charge in [0.2, 0.25) is 5.91 Å². The molecule has 0 unspecified atom stereocenters. The Morgan fingerprint density at radius 1 is 1.17 bits per heavy atom. The summed E-state index contributed by atoms with van der Waals surface area (Å²) in [5.74, 6) is 0.629. The van der Waals surface area contributed by atoms with Gasteiger partial charge in [-0.05, 0) is 41.8 Å². The summed E-state index contributed by atoms with van der Waals surface area (Å²) in [5.41, 5.74) is 1.94. The molecule has 3 rings (SSSR count). The number of amidine groups is 1. The number of carboxylic acids is 1.